The molecule has 1 saturated heterocycles. The summed E-state index contributed by atoms with van der Waals surface area (Å²) in [6.45, 7) is 0.190. The van der Waals surface area contributed by atoms with E-state index in [-0.39, 0.29) is 18.3 Å². The SMILES string of the molecule is O=C1NC(=Nc2ccccc2)SC1=Cc1cc(Cl)ccc1OCc1cccc(F)c1. The molecule has 1 N–H and O–H groups in total. The second-order valence-electron chi connectivity index (χ2n) is 6.42. The molecule has 1 aliphatic rings. The molecule has 0 aromatic heterocycles. The minimum atomic E-state index is -0.321. The fourth-order valence-electron chi connectivity index (χ4n) is 2.79. The van der Waals surface area contributed by atoms with Crippen molar-refractivity contribution >= 4 is 46.2 Å². The maximum Gasteiger partial charge on any atom is 0.264 e. The number of para-hydroxylation sites is 1. The van der Waals surface area contributed by atoms with E-state index in [1.165, 1.54) is 23.9 Å². The van der Waals surface area contributed by atoms with Crippen LogP contribution >= 0.6 is 23.4 Å². The van der Waals surface area contributed by atoms with E-state index in [2.05, 4.69) is 10.3 Å². The number of amidine groups is 1. The summed E-state index contributed by atoms with van der Waals surface area (Å²) in [7, 11) is 0. The van der Waals surface area contributed by atoms with Crippen molar-refractivity contribution in [2.75, 3.05) is 0 Å². The third-order valence-electron chi connectivity index (χ3n) is 4.18. The Morgan fingerprint density at radius 1 is 1.07 bits per heavy atom. The van der Waals surface area contributed by atoms with Crippen molar-refractivity contribution in [1.82, 2.24) is 5.32 Å². The number of benzene rings is 3. The summed E-state index contributed by atoms with van der Waals surface area (Å²) in [4.78, 5) is 17.3. The van der Waals surface area contributed by atoms with Gasteiger partial charge in [0.25, 0.3) is 5.91 Å². The molecule has 7 heteroatoms. The maximum atomic E-state index is 13.4. The van der Waals surface area contributed by atoms with Gasteiger partial charge in [-0.25, -0.2) is 9.38 Å². The van der Waals surface area contributed by atoms with Crippen LogP contribution in [0.2, 0.25) is 5.02 Å². The first-order chi connectivity index (χ1) is 14.6. The van der Waals surface area contributed by atoms with Gasteiger partial charge in [0.15, 0.2) is 5.17 Å². The van der Waals surface area contributed by atoms with Crippen molar-refractivity contribution in [3.8, 4) is 5.75 Å². The molecular formula is C23H16ClFN2O2S. The largest absolute Gasteiger partial charge is 0.488 e. The monoisotopic (exact) mass is 438 g/mol. The van der Waals surface area contributed by atoms with Crippen LogP contribution in [0.5, 0.6) is 5.75 Å². The Labute approximate surface area is 182 Å². The molecule has 4 rings (SSSR count). The highest BCUT2D eigenvalue weighted by molar-refractivity contribution is 8.18. The van der Waals surface area contributed by atoms with Crippen LogP contribution in [0.15, 0.2) is 82.7 Å². The van der Waals surface area contributed by atoms with Gasteiger partial charge in [0.05, 0.1) is 10.6 Å². The van der Waals surface area contributed by atoms with Crippen LogP contribution in [0.25, 0.3) is 6.08 Å². The minimum absolute atomic E-state index is 0.190. The molecule has 1 heterocycles. The summed E-state index contributed by atoms with van der Waals surface area (Å²) in [5, 5.41) is 3.78. The lowest BCUT2D eigenvalue weighted by Gasteiger charge is -2.10. The van der Waals surface area contributed by atoms with Gasteiger partial charge in [-0.05, 0) is 65.9 Å². The number of thioether (sulfide) groups is 1. The average molecular weight is 439 g/mol. The van der Waals surface area contributed by atoms with E-state index in [0.717, 1.165) is 5.69 Å². The number of halogens is 2. The van der Waals surface area contributed by atoms with Crippen molar-refractivity contribution in [2.45, 2.75) is 6.61 Å². The molecule has 3 aromatic carbocycles. The molecule has 150 valence electrons. The molecule has 0 saturated carbocycles. The first-order valence-electron chi connectivity index (χ1n) is 9.08. The van der Waals surface area contributed by atoms with Crippen LogP contribution in [0.3, 0.4) is 0 Å². The van der Waals surface area contributed by atoms with E-state index < -0.39 is 0 Å². The molecule has 1 aliphatic heterocycles. The number of nitrogens with zero attached hydrogens (tertiary/aromatic N) is 1. The minimum Gasteiger partial charge on any atom is -0.488 e. The van der Waals surface area contributed by atoms with Crippen LogP contribution in [0.4, 0.5) is 10.1 Å². The summed E-state index contributed by atoms with van der Waals surface area (Å²) in [6.07, 6.45) is 1.71. The third kappa shape index (κ3) is 5.09. The fourth-order valence-corrected chi connectivity index (χ4v) is 3.81. The molecular weight excluding hydrogens is 423 g/mol. The molecule has 0 atom stereocenters. The Bertz CT molecular complexity index is 1150. The van der Waals surface area contributed by atoms with E-state index in [1.54, 1.807) is 36.4 Å². The Balaban J connectivity index is 1.56. The predicted molar refractivity (Wildman–Crippen MR) is 119 cm³/mol. The number of hydrogen-bond donors (Lipinski definition) is 1. The second-order valence-corrected chi connectivity index (χ2v) is 7.89. The Morgan fingerprint density at radius 2 is 1.90 bits per heavy atom. The van der Waals surface area contributed by atoms with E-state index in [1.807, 2.05) is 30.3 Å². The zero-order valence-corrected chi connectivity index (χ0v) is 17.2. The van der Waals surface area contributed by atoms with Crippen LogP contribution in [0, 0.1) is 5.82 Å². The predicted octanol–water partition coefficient (Wildman–Crippen LogP) is 5.95. The van der Waals surface area contributed by atoms with Gasteiger partial charge in [-0.2, -0.15) is 0 Å². The Hall–Kier alpha value is -3.09. The number of carbonyl (C=O) groups excluding carboxylic acids is 1. The van der Waals surface area contributed by atoms with Gasteiger partial charge in [-0.3, -0.25) is 4.79 Å². The van der Waals surface area contributed by atoms with Gasteiger partial charge in [0.2, 0.25) is 0 Å². The van der Waals surface area contributed by atoms with Crippen molar-refractivity contribution < 1.29 is 13.9 Å². The van der Waals surface area contributed by atoms with Crippen molar-refractivity contribution in [3.05, 3.63) is 99.7 Å². The summed E-state index contributed by atoms with van der Waals surface area (Å²) >= 11 is 7.39. The summed E-state index contributed by atoms with van der Waals surface area (Å²) in [6, 6.07) is 20.7. The lowest BCUT2D eigenvalue weighted by molar-refractivity contribution is -0.115. The molecule has 0 bridgehead atoms. The third-order valence-corrected chi connectivity index (χ3v) is 5.32. The van der Waals surface area contributed by atoms with Gasteiger partial charge >= 0.3 is 0 Å². The van der Waals surface area contributed by atoms with E-state index in [0.29, 0.717) is 32.0 Å². The molecule has 0 radical (unpaired) electrons. The Kier molecular flexibility index (Phi) is 6.16. The summed E-state index contributed by atoms with van der Waals surface area (Å²) in [5.41, 5.74) is 2.11. The van der Waals surface area contributed by atoms with Gasteiger partial charge in [0.1, 0.15) is 18.2 Å². The number of ether oxygens (including phenoxy) is 1. The van der Waals surface area contributed by atoms with E-state index in [9.17, 15) is 9.18 Å². The van der Waals surface area contributed by atoms with Crippen LogP contribution < -0.4 is 10.1 Å². The quantitative estimate of drug-likeness (QED) is 0.501. The highest BCUT2D eigenvalue weighted by Crippen LogP contribution is 2.32. The lowest BCUT2D eigenvalue weighted by atomic mass is 10.1. The smallest absolute Gasteiger partial charge is 0.264 e. The molecule has 0 spiro atoms. The van der Waals surface area contributed by atoms with Crippen molar-refractivity contribution in [1.29, 1.82) is 0 Å². The number of aliphatic imine (C=N–C) groups is 1. The lowest BCUT2D eigenvalue weighted by Crippen LogP contribution is -2.19. The first-order valence-corrected chi connectivity index (χ1v) is 10.3. The van der Waals surface area contributed by atoms with Crippen LogP contribution in [-0.4, -0.2) is 11.1 Å². The van der Waals surface area contributed by atoms with Crippen LogP contribution in [0.1, 0.15) is 11.1 Å². The zero-order valence-electron chi connectivity index (χ0n) is 15.6. The molecule has 0 aliphatic carbocycles. The zero-order chi connectivity index (χ0) is 20.9. The highest BCUT2D eigenvalue weighted by Gasteiger charge is 2.24. The number of hydrogen-bond acceptors (Lipinski definition) is 4. The molecule has 4 nitrogen and oxygen atoms in total. The second kappa shape index (κ2) is 9.15. The molecule has 30 heavy (non-hydrogen) atoms. The summed E-state index contributed by atoms with van der Waals surface area (Å²) < 4.78 is 19.3. The Morgan fingerprint density at radius 3 is 2.70 bits per heavy atom. The van der Waals surface area contributed by atoms with E-state index >= 15 is 0 Å². The molecule has 3 aromatic rings. The van der Waals surface area contributed by atoms with Gasteiger partial charge in [0, 0.05) is 10.6 Å². The standard InChI is InChI=1S/C23H16ClFN2O2S/c24-17-9-10-20(29-14-15-5-4-6-18(25)11-15)16(12-17)13-21-22(28)27-23(30-21)26-19-7-2-1-3-8-19/h1-13H,14H2,(H,26,27,28). The van der Waals surface area contributed by atoms with Gasteiger partial charge in [-0.1, -0.05) is 41.9 Å². The first kappa shape index (κ1) is 20.2. The van der Waals surface area contributed by atoms with E-state index in [4.69, 9.17) is 16.3 Å². The van der Waals surface area contributed by atoms with Crippen molar-refractivity contribution in [3.63, 3.8) is 0 Å². The topological polar surface area (TPSA) is 50.7 Å². The number of amides is 1. The molecule has 1 fully saturated rings. The normalized spacial score (nSPS) is 16.1. The number of nitrogens with one attached hydrogen (secondary N) is 1. The van der Waals surface area contributed by atoms with Crippen molar-refractivity contribution in [2.24, 2.45) is 4.99 Å². The molecule has 0 unspecified atom stereocenters. The number of rotatable bonds is 5. The van der Waals surface area contributed by atoms with Crippen LogP contribution in [-0.2, 0) is 11.4 Å². The van der Waals surface area contributed by atoms with Gasteiger partial charge in [-0.15, -0.1) is 0 Å². The molecule has 1 amide bonds. The average Bonchev–Trinajstić information content (AvgIpc) is 3.07. The van der Waals surface area contributed by atoms with Gasteiger partial charge < -0.3 is 10.1 Å². The fraction of sp³-hybridized carbons (Fsp3) is 0.0435. The number of carbonyl (C=O) groups is 1. The highest BCUT2D eigenvalue weighted by atomic mass is 35.5. The summed E-state index contributed by atoms with van der Waals surface area (Å²) in [5.74, 6) is -0.0254. The maximum absolute atomic E-state index is 13.4.